The van der Waals surface area contributed by atoms with Gasteiger partial charge in [0.05, 0.1) is 4.34 Å². The molecule has 0 aliphatic carbocycles. The maximum Gasteiger partial charge on any atom is 0.123 e. The molecule has 102 valence electrons. The molecule has 1 aromatic carbocycles. The maximum absolute atomic E-state index is 13.3. The van der Waals surface area contributed by atoms with Crippen molar-refractivity contribution in [2.45, 2.75) is 19.4 Å². The second-order valence-electron chi connectivity index (χ2n) is 4.19. The zero-order chi connectivity index (χ0) is 13.8. The van der Waals surface area contributed by atoms with E-state index in [0.29, 0.717) is 0 Å². The zero-order valence-electron chi connectivity index (χ0n) is 10.4. The van der Waals surface area contributed by atoms with Crippen molar-refractivity contribution in [2.24, 2.45) is 0 Å². The van der Waals surface area contributed by atoms with Gasteiger partial charge in [-0.1, -0.05) is 34.5 Å². The van der Waals surface area contributed by atoms with Crippen LogP contribution in [0, 0.1) is 5.82 Å². The Bertz CT molecular complexity index is 558. The molecule has 2 rings (SSSR count). The molecule has 19 heavy (non-hydrogen) atoms. The molecule has 2 aromatic rings. The van der Waals surface area contributed by atoms with E-state index in [2.05, 4.69) is 28.2 Å². The fourth-order valence-corrected chi connectivity index (χ4v) is 3.50. The number of nitrogens with one attached hydrogen (secondary N) is 1. The Balaban J connectivity index is 2.23. The van der Waals surface area contributed by atoms with E-state index in [1.807, 2.05) is 12.1 Å². The predicted octanol–water partition coefficient (Wildman–Crippen LogP) is 5.20. The Kier molecular flexibility index (Phi) is 5.39. The molecule has 0 bridgehead atoms. The molecular weight excluding hydrogens is 349 g/mol. The molecule has 1 unspecified atom stereocenters. The van der Waals surface area contributed by atoms with Gasteiger partial charge in [-0.15, -0.1) is 11.3 Å². The molecular formula is C14H14BrClFNS. The Morgan fingerprint density at radius 1 is 1.37 bits per heavy atom. The van der Waals surface area contributed by atoms with E-state index >= 15 is 0 Å². The molecule has 1 heterocycles. The quantitative estimate of drug-likeness (QED) is 0.771. The highest BCUT2D eigenvalue weighted by molar-refractivity contribution is 9.10. The number of benzene rings is 1. The lowest BCUT2D eigenvalue weighted by Crippen LogP contribution is -2.22. The first kappa shape index (κ1) is 15.0. The number of rotatable bonds is 5. The molecule has 0 saturated carbocycles. The lowest BCUT2D eigenvalue weighted by molar-refractivity contribution is 0.553. The molecule has 5 heteroatoms. The minimum absolute atomic E-state index is 0.153. The molecule has 0 radical (unpaired) electrons. The van der Waals surface area contributed by atoms with E-state index in [1.54, 1.807) is 23.5 Å². The number of likely N-dealkylation sites (N-methyl/N-ethyl adjacent to an activating group) is 1. The lowest BCUT2D eigenvalue weighted by Gasteiger charge is -2.17. The molecule has 0 spiro atoms. The van der Waals surface area contributed by atoms with Gasteiger partial charge in [-0.3, -0.25) is 0 Å². The molecule has 0 saturated heterocycles. The molecule has 0 fully saturated rings. The minimum Gasteiger partial charge on any atom is -0.309 e. The second-order valence-corrected chi connectivity index (χ2v) is 6.79. The van der Waals surface area contributed by atoms with Crippen molar-refractivity contribution >= 4 is 38.9 Å². The first-order chi connectivity index (χ1) is 9.10. The average Bonchev–Trinajstić information content (AvgIpc) is 2.80. The largest absolute Gasteiger partial charge is 0.309 e. The SMILES string of the molecule is CCNC(Cc1cc(F)ccc1Br)c1ccc(Cl)s1. The monoisotopic (exact) mass is 361 g/mol. The summed E-state index contributed by atoms with van der Waals surface area (Å²) in [6.07, 6.45) is 0.725. The lowest BCUT2D eigenvalue weighted by atomic mass is 10.0. The van der Waals surface area contributed by atoms with Gasteiger partial charge < -0.3 is 5.32 Å². The molecule has 1 aromatic heterocycles. The van der Waals surface area contributed by atoms with Crippen LogP contribution in [-0.2, 0) is 6.42 Å². The molecule has 1 N–H and O–H groups in total. The first-order valence-corrected chi connectivity index (χ1v) is 8.01. The van der Waals surface area contributed by atoms with Crippen LogP contribution in [0.2, 0.25) is 4.34 Å². The Labute approximate surface area is 129 Å². The summed E-state index contributed by atoms with van der Waals surface area (Å²) in [7, 11) is 0. The zero-order valence-corrected chi connectivity index (χ0v) is 13.6. The fourth-order valence-electron chi connectivity index (χ4n) is 1.95. The number of hydrogen-bond acceptors (Lipinski definition) is 2. The summed E-state index contributed by atoms with van der Waals surface area (Å²) in [6.45, 7) is 2.91. The van der Waals surface area contributed by atoms with Crippen molar-refractivity contribution in [1.82, 2.24) is 5.32 Å². The van der Waals surface area contributed by atoms with Crippen LogP contribution in [0.5, 0.6) is 0 Å². The average molecular weight is 363 g/mol. The van der Waals surface area contributed by atoms with Gasteiger partial charge in [-0.2, -0.15) is 0 Å². The summed E-state index contributed by atoms with van der Waals surface area (Å²) in [5, 5.41) is 3.42. The van der Waals surface area contributed by atoms with Crippen LogP contribution in [0.4, 0.5) is 4.39 Å². The summed E-state index contributed by atoms with van der Waals surface area (Å²) in [4.78, 5) is 1.17. The van der Waals surface area contributed by atoms with Crippen LogP contribution < -0.4 is 5.32 Å². The molecule has 1 atom stereocenters. The van der Waals surface area contributed by atoms with Crippen LogP contribution in [0.15, 0.2) is 34.8 Å². The fraction of sp³-hybridized carbons (Fsp3) is 0.286. The van der Waals surface area contributed by atoms with Gasteiger partial charge in [0.2, 0.25) is 0 Å². The number of hydrogen-bond donors (Lipinski definition) is 1. The number of thiophene rings is 1. The summed E-state index contributed by atoms with van der Waals surface area (Å²) in [5.74, 6) is -0.210. The van der Waals surface area contributed by atoms with Gasteiger partial charge in [-0.05, 0) is 48.9 Å². The Hall–Kier alpha value is -0.420. The van der Waals surface area contributed by atoms with Crippen molar-refractivity contribution in [1.29, 1.82) is 0 Å². The van der Waals surface area contributed by atoms with Crippen molar-refractivity contribution in [3.05, 3.63) is 55.4 Å². The topological polar surface area (TPSA) is 12.0 Å². The van der Waals surface area contributed by atoms with Crippen LogP contribution in [-0.4, -0.2) is 6.54 Å². The van der Waals surface area contributed by atoms with Crippen LogP contribution in [0.3, 0.4) is 0 Å². The normalized spacial score (nSPS) is 12.6. The van der Waals surface area contributed by atoms with E-state index in [4.69, 9.17) is 11.6 Å². The second kappa shape index (κ2) is 6.84. The van der Waals surface area contributed by atoms with Crippen molar-refractivity contribution in [2.75, 3.05) is 6.54 Å². The van der Waals surface area contributed by atoms with Gasteiger partial charge in [-0.25, -0.2) is 4.39 Å². The van der Waals surface area contributed by atoms with Crippen molar-refractivity contribution in [3.63, 3.8) is 0 Å². The van der Waals surface area contributed by atoms with Gasteiger partial charge in [0.15, 0.2) is 0 Å². The highest BCUT2D eigenvalue weighted by atomic mass is 79.9. The van der Waals surface area contributed by atoms with Crippen molar-refractivity contribution in [3.8, 4) is 0 Å². The van der Waals surface area contributed by atoms with Gasteiger partial charge in [0.1, 0.15) is 5.82 Å². The van der Waals surface area contributed by atoms with E-state index in [0.717, 1.165) is 27.3 Å². The van der Waals surface area contributed by atoms with Crippen LogP contribution in [0.25, 0.3) is 0 Å². The summed E-state index contributed by atoms with van der Waals surface area (Å²) < 4.78 is 15.0. The molecule has 0 aliphatic heterocycles. The van der Waals surface area contributed by atoms with Crippen LogP contribution >= 0.6 is 38.9 Å². The predicted molar refractivity (Wildman–Crippen MR) is 83.6 cm³/mol. The first-order valence-electron chi connectivity index (χ1n) is 6.02. The maximum atomic E-state index is 13.3. The van der Waals surface area contributed by atoms with Crippen molar-refractivity contribution < 1.29 is 4.39 Å². The van der Waals surface area contributed by atoms with E-state index in [9.17, 15) is 4.39 Å². The third kappa shape index (κ3) is 4.02. The Morgan fingerprint density at radius 2 is 2.16 bits per heavy atom. The number of halogens is 3. The van der Waals surface area contributed by atoms with Gasteiger partial charge >= 0.3 is 0 Å². The van der Waals surface area contributed by atoms with Gasteiger partial charge in [0, 0.05) is 15.4 Å². The third-order valence-corrected chi connectivity index (χ3v) is 4.94. The molecule has 0 aliphatic rings. The minimum atomic E-state index is -0.210. The van der Waals surface area contributed by atoms with E-state index in [1.165, 1.54) is 10.9 Å². The van der Waals surface area contributed by atoms with E-state index in [-0.39, 0.29) is 11.9 Å². The summed E-state index contributed by atoms with van der Waals surface area (Å²) in [6, 6.07) is 8.84. The smallest absolute Gasteiger partial charge is 0.123 e. The van der Waals surface area contributed by atoms with Crippen LogP contribution in [0.1, 0.15) is 23.4 Å². The highest BCUT2D eigenvalue weighted by Crippen LogP contribution is 2.30. The molecule has 1 nitrogen and oxygen atoms in total. The molecule has 0 amide bonds. The standard InChI is InChI=1S/C14H14BrClFNS/c1-2-18-12(13-5-6-14(16)19-13)8-9-7-10(17)3-4-11(9)15/h3-7,12,18H,2,8H2,1H3. The summed E-state index contributed by atoms with van der Waals surface area (Å²) >= 11 is 11.0. The van der Waals surface area contributed by atoms with Gasteiger partial charge in [0.25, 0.3) is 0 Å². The van der Waals surface area contributed by atoms with E-state index < -0.39 is 0 Å². The third-order valence-electron chi connectivity index (χ3n) is 2.82. The highest BCUT2D eigenvalue weighted by Gasteiger charge is 2.15. The summed E-state index contributed by atoms with van der Waals surface area (Å²) in [5.41, 5.74) is 0.954. The Morgan fingerprint density at radius 3 is 2.79 bits per heavy atom.